The fourth-order valence-electron chi connectivity index (χ4n) is 3.86. The van der Waals surface area contributed by atoms with Crippen molar-refractivity contribution in [3.8, 4) is 0 Å². The smallest absolute Gasteiger partial charge is 0.337 e. The first kappa shape index (κ1) is 20.1. The highest BCUT2D eigenvalue weighted by molar-refractivity contribution is 5.94. The summed E-state index contributed by atoms with van der Waals surface area (Å²) in [5.74, 6) is -2.15. The molecule has 0 aromatic rings. The van der Waals surface area contributed by atoms with E-state index in [0.717, 1.165) is 0 Å². The van der Waals surface area contributed by atoms with Crippen molar-refractivity contribution in [2.24, 2.45) is 11.3 Å². The van der Waals surface area contributed by atoms with E-state index in [4.69, 9.17) is 9.47 Å². The molecule has 0 unspecified atom stereocenters. The molecule has 26 heavy (non-hydrogen) atoms. The minimum Gasteiger partial charge on any atom is -0.455 e. The first-order valence-corrected chi connectivity index (χ1v) is 8.40. The lowest BCUT2D eigenvalue weighted by atomic mass is 9.56. The van der Waals surface area contributed by atoms with Crippen molar-refractivity contribution in [1.82, 2.24) is 0 Å². The standard InChI is InChI=1S/C20H26O6/c1-8-11(5)17(22)26-16-14(21)19(7,9-2)13(10(3)4)15-20(16,24)12(6)18(23)25-15/h8-9,13-16,21,24H,2-3,6H2,1,4-5,7H3/b11-8-/t13-,14-,15-,16-,19-,20+/m0/s1. The Bertz CT molecular complexity index is 720. The predicted molar refractivity (Wildman–Crippen MR) is 95.9 cm³/mol. The Morgan fingerprint density at radius 3 is 2.42 bits per heavy atom. The van der Waals surface area contributed by atoms with Crippen LogP contribution in [0.25, 0.3) is 0 Å². The molecule has 6 nitrogen and oxygen atoms in total. The largest absolute Gasteiger partial charge is 0.455 e. The van der Waals surface area contributed by atoms with Crippen LogP contribution in [0.2, 0.25) is 0 Å². The molecular weight excluding hydrogens is 336 g/mol. The van der Waals surface area contributed by atoms with E-state index in [0.29, 0.717) is 11.1 Å². The Kier molecular flexibility index (Phi) is 5.05. The van der Waals surface area contributed by atoms with Gasteiger partial charge in [-0.3, -0.25) is 0 Å². The normalized spacial score (nSPS) is 39.8. The molecule has 0 radical (unpaired) electrons. The highest BCUT2D eigenvalue weighted by Gasteiger charge is 2.70. The number of carbonyl (C=O) groups excluding carboxylic acids is 2. The first-order chi connectivity index (χ1) is 12.0. The van der Waals surface area contributed by atoms with Gasteiger partial charge in [0.25, 0.3) is 0 Å². The number of hydrogen-bond donors (Lipinski definition) is 2. The molecule has 2 N–H and O–H groups in total. The Labute approximate surface area is 153 Å². The Morgan fingerprint density at radius 1 is 1.38 bits per heavy atom. The van der Waals surface area contributed by atoms with Crippen LogP contribution in [0.3, 0.4) is 0 Å². The molecule has 0 spiro atoms. The third kappa shape index (κ3) is 2.56. The summed E-state index contributed by atoms with van der Waals surface area (Å²) in [6.45, 7) is 17.9. The molecule has 1 aliphatic heterocycles. The maximum atomic E-state index is 12.3. The van der Waals surface area contributed by atoms with Crippen LogP contribution in [0, 0.1) is 11.3 Å². The van der Waals surface area contributed by atoms with E-state index in [-0.39, 0.29) is 5.57 Å². The van der Waals surface area contributed by atoms with Gasteiger partial charge in [-0.2, -0.15) is 0 Å². The number of allylic oxidation sites excluding steroid dienone is 1. The summed E-state index contributed by atoms with van der Waals surface area (Å²) < 4.78 is 10.8. The van der Waals surface area contributed by atoms with E-state index >= 15 is 0 Å². The van der Waals surface area contributed by atoms with E-state index < -0.39 is 47.2 Å². The molecule has 2 aliphatic rings. The number of hydrogen-bond acceptors (Lipinski definition) is 6. The number of aliphatic hydroxyl groups excluding tert-OH is 1. The first-order valence-electron chi connectivity index (χ1n) is 8.40. The number of fused-ring (bicyclic) bond motifs is 1. The van der Waals surface area contributed by atoms with Crippen LogP contribution < -0.4 is 0 Å². The van der Waals surface area contributed by atoms with E-state index in [1.54, 1.807) is 33.8 Å². The summed E-state index contributed by atoms with van der Waals surface area (Å²) in [5.41, 5.74) is -2.48. The van der Waals surface area contributed by atoms with Crippen molar-refractivity contribution < 1.29 is 29.3 Å². The second kappa shape index (κ2) is 6.52. The molecule has 1 saturated heterocycles. The molecule has 1 heterocycles. The van der Waals surface area contributed by atoms with Crippen molar-refractivity contribution in [2.45, 2.75) is 51.6 Å². The predicted octanol–water partition coefficient (Wildman–Crippen LogP) is 1.84. The molecule has 0 aromatic carbocycles. The van der Waals surface area contributed by atoms with Crippen molar-refractivity contribution in [1.29, 1.82) is 0 Å². The summed E-state index contributed by atoms with van der Waals surface area (Å²) in [5, 5.41) is 22.4. The Hall–Kier alpha value is -2.18. The highest BCUT2D eigenvalue weighted by Crippen LogP contribution is 2.55. The van der Waals surface area contributed by atoms with Crippen LogP contribution in [-0.2, 0) is 19.1 Å². The zero-order valence-corrected chi connectivity index (χ0v) is 15.6. The summed E-state index contributed by atoms with van der Waals surface area (Å²) in [7, 11) is 0. The molecule has 6 heteroatoms. The monoisotopic (exact) mass is 362 g/mol. The van der Waals surface area contributed by atoms with Gasteiger partial charge in [0.05, 0.1) is 5.57 Å². The van der Waals surface area contributed by atoms with Gasteiger partial charge in [0.15, 0.2) is 11.7 Å². The third-order valence-corrected chi connectivity index (χ3v) is 5.69. The number of carbonyl (C=O) groups is 2. The van der Waals surface area contributed by atoms with Crippen molar-refractivity contribution in [3.63, 3.8) is 0 Å². The molecule has 6 atom stereocenters. The summed E-state index contributed by atoms with van der Waals surface area (Å²) in [6, 6.07) is 0. The average Bonchev–Trinajstić information content (AvgIpc) is 2.82. The van der Waals surface area contributed by atoms with Crippen LogP contribution in [0.5, 0.6) is 0 Å². The van der Waals surface area contributed by atoms with Gasteiger partial charge < -0.3 is 19.7 Å². The van der Waals surface area contributed by atoms with Crippen molar-refractivity contribution in [3.05, 3.63) is 48.6 Å². The van der Waals surface area contributed by atoms with E-state index in [9.17, 15) is 19.8 Å². The Balaban J connectivity index is 2.65. The number of rotatable bonds is 4. The maximum absolute atomic E-state index is 12.3. The van der Waals surface area contributed by atoms with Crippen LogP contribution in [-0.4, -0.2) is 46.1 Å². The van der Waals surface area contributed by atoms with Gasteiger partial charge in [0, 0.05) is 16.9 Å². The molecule has 0 bridgehead atoms. The van der Waals surface area contributed by atoms with E-state index in [2.05, 4.69) is 19.7 Å². The van der Waals surface area contributed by atoms with Gasteiger partial charge in [-0.15, -0.1) is 6.58 Å². The van der Waals surface area contributed by atoms with Gasteiger partial charge in [0.1, 0.15) is 12.2 Å². The lowest BCUT2D eigenvalue weighted by molar-refractivity contribution is -0.230. The average molecular weight is 362 g/mol. The lowest BCUT2D eigenvalue weighted by Gasteiger charge is -2.54. The van der Waals surface area contributed by atoms with E-state index in [1.807, 2.05) is 0 Å². The van der Waals surface area contributed by atoms with Gasteiger partial charge in [-0.05, 0) is 20.8 Å². The summed E-state index contributed by atoms with van der Waals surface area (Å²) in [6.07, 6.45) is -0.854. The Morgan fingerprint density at radius 2 is 1.96 bits per heavy atom. The zero-order valence-electron chi connectivity index (χ0n) is 15.6. The quantitative estimate of drug-likeness (QED) is 0.450. The van der Waals surface area contributed by atoms with Crippen LogP contribution in [0.4, 0.5) is 0 Å². The molecular formula is C20H26O6. The zero-order chi connectivity index (χ0) is 20.0. The van der Waals surface area contributed by atoms with E-state index in [1.165, 1.54) is 6.08 Å². The van der Waals surface area contributed by atoms with Gasteiger partial charge in [0.2, 0.25) is 0 Å². The maximum Gasteiger partial charge on any atom is 0.337 e. The van der Waals surface area contributed by atoms with Crippen LogP contribution in [0.1, 0.15) is 27.7 Å². The summed E-state index contributed by atoms with van der Waals surface area (Å²) >= 11 is 0. The van der Waals surface area contributed by atoms with Gasteiger partial charge in [-0.1, -0.05) is 37.8 Å². The molecule has 1 saturated carbocycles. The number of esters is 2. The molecule has 142 valence electrons. The van der Waals surface area contributed by atoms with Crippen molar-refractivity contribution >= 4 is 11.9 Å². The minimum absolute atomic E-state index is 0.255. The number of ether oxygens (including phenoxy) is 2. The fourth-order valence-corrected chi connectivity index (χ4v) is 3.86. The van der Waals surface area contributed by atoms with Gasteiger partial charge in [-0.25, -0.2) is 9.59 Å². The summed E-state index contributed by atoms with van der Waals surface area (Å²) in [4.78, 5) is 24.5. The highest BCUT2D eigenvalue weighted by atomic mass is 16.6. The minimum atomic E-state index is -2.06. The van der Waals surface area contributed by atoms with Gasteiger partial charge >= 0.3 is 11.9 Å². The lowest BCUT2D eigenvalue weighted by Crippen LogP contribution is -2.69. The SMILES string of the molecule is C=C[C@]1(C)[C@@H](O)[C@H](OC(=O)/C(C)=C\C)[C@@]2(O)C(=C)C(=O)O[C@H]2[C@@H]1C(=C)C. The molecule has 2 fully saturated rings. The topological polar surface area (TPSA) is 93.1 Å². The van der Waals surface area contributed by atoms with Crippen molar-refractivity contribution in [2.75, 3.05) is 0 Å². The number of aliphatic hydroxyl groups is 2. The van der Waals surface area contributed by atoms with Crippen LogP contribution >= 0.6 is 0 Å². The molecule has 0 amide bonds. The second-order valence-electron chi connectivity index (χ2n) is 7.27. The molecule has 0 aromatic heterocycles. The fraction of sp³-hybridized carbons (Fsp3) is 0.500. The van der Waals surface area contributed by atoms with Crippen LogP contribution in [0.15, 0.2) is 48.6 Å². The third-order valence-electron chi connectivity index (χ3n) is 5.69. The molecule has 1 aliphatic carbocycles. The second-order valence-corrected chi connectivity index (χ2v) is 7.27. The molecule has 2 rings (SSSR count).